The molecule has 0 radical (unpaired) electrons. The molecule has 3 aromatic heterocycles. The Kier molecular flexibility index (Phi) is 4.30. The van der Waals surface area contributed by atoms with Gasteiger partial charge in [-0.25, -0.2) is 4.98 Å². The van der Waals surface area contributed by atoms with E-state index in [1.54, 1.807) is 17.6 Å². The number of likely N-dealkylation sites (tertiary alicyclic amines) is 1. The molecular weight excluding hydrogens is 308 g/mol. The first-order valence-corrected chi connectivity index (χ1v) is 9.04. The molecule has 0 saturated carbocycles. The number of furan rings is 1. The fourth-order valence-electron chi connectivity index (χ4n) is 3.25. The second-order valence-electron chi connectivity index (χ2n) is 5.95. The molecule has 1 saturated heterocycles. The van der Waals surface area contributed by atoms with E-state index >= 15 is 0 Å². The molecule has 0 aliphatic carbocycles. The van der Waals surface area contributed by atoms with E-state index in [1.807, 2.05) is 18.3 Å². The second kappa shape index (κ2) is 6.72. The topological polar surface area (TPSA) is 42.4 Å². The molecule has 1 aliphatic heterocycles. The molecule has 0 spiro atoms. The van der Waals surface area contributed by atoms with Gasteiger partial charge in [0.05, 0.1) is 29.9 Å². The predicted molar refractivity (Wildman–Crippen MR) is 90.1 cm³/mol. The van der Waals surface area contributed by atoms with E-state index in [2.05, 4.69) is 27.4 Å². The summed E-state index contributed by atoms with van der Waals surface area (Å²) in [4.78, 5) is 8.05. The Morgan fingerprint density at radius 3 is 3.04 bits per heavy atom. The molecule has 5 heteroatoms. The Hall–Kier alpha value is -1.85. The highest BCUT2D eigenvalue weighted by atomic mass is 32.1. The Bertz CT molecular complexity index is 718. The van der Waals surface area contributed by atoms with Gasteiger partial charge in [-0.3, -0.25) is 4.90 Å². The number of oxazole rings is 1. The molecular formula is C18H20N2O2S. The number of hydrogen-bond donors (Lipinski definition) is 0. The highest BCUT2D eigenvalue weighted by Gasteiger charge is 2.26. The van der Waals surface area contributed by atoms with Crippen molar-refractivity contribution in [1.29, 1.82) is 0 Å². The summed E-state index contributed by atoms with van der Waals surface area (Å²) < 4.78 is 11.6. The number of nitrogens with zero attached hydrogens (tertiary/aromatic N) is 2. The van der Waals surface area contributed by atoms with Gasteiger partial charge in [-0.2, -0.15) is 0 Å². The van der Waals surface area contributed by atoms with E-state index in [0.717, 1.165) is 41.8 Å². The number of thiophene rings is 1. The van der Waals surface area contributed by atoms with Crippen LogP contribution in [0.4, 0.5) is 0 Å². The zero-order chi connectivity index (χ0) is 15.5. The van der Waals surface area contributed by atoms with Crippen molar-refractivity contribution in [2.45, 2.75) is 38.3 Å². The van der Waals surface area contributed by atoms with Gasteiger partial charge < -0.3 is 8.83 Å². The monoisotopic (exact) mass is 328 g/mol. The highest BCUT2D eigenvalue weighted by Crippen LogP contribution is 2.32. The van der Waals surface area contributed by atoms with Crippen LogP contribution in [-0.4, -0.2) is 16.4 Å². The summed E-state index contributed by atoms with van der Waals surface area (Å²) in [7, 11) is 0. The lowest BCUT2D eigenvalue weighted by Gasteiger charge is -2.27. The van der Waals surface area contributed by atoms with Crippen molar-refractivity contribution in [2.24, 2.45) is 0 Å². The maximum Gasteiger partial charge on any atom is 0.209 e. The number of rotatable bonds is 4. The summed E-state index contributed by atoms with van der Waals surface area (Å²) in [5.74, 6) is 2.70. The van der Waals surface area contributed by atoms with E-state index in [1.165, 1.54) is 19.3 Å². The van der Waals surface area contributed by atoms with Gasteiger partial charge in [0.1, 0.15) is 5.76 Å². The first kappa shape index (κ1) is 14.7. The normalized spacial score (nSPS) is 19.7. The average Bonchev–Trinajstić information content (AvgIpc) is 3.29. The van der Waals surface area contributed by atoms with Crippen molar-refractivity contribution in [3.8, 4) is 10.6 Å². The quantitative estimate of drug-likeness (QED) is 0.667. The molecule has 1 atom stereocenters. The summed E-state index contributed by atoms with van der Waals surface area (Å²) in [6.45, 7) is 1.79. The van der Waals surface area contributed by atoms with Gasteiger partial charge in [0.25, 0.3) is 0 Å². The third-order valence-corrected chi connectivity index (χ3v) is 5.28. The van der Waals surface area contributed by atoms with Crippen molar-refractivity contribution in [1.82, 2.24) is 9.88 Å². The van der Waals surface area contributed by atoms with Crippen LogP contribution in [0.3, 0.4) is 0 Å². The molecule has 1 unspecified atom stereocenters. The largest absolute Gasteiger partial charge is 0.468 e. The van der Waals surface area contributed by atoms with E-state index in [0.29, 0.717) is 6.04 Å². The van der Waals surface area contributed by atoms with Gasteiger partial charge in [0.15, 0.2) is 5.76 Å². The van der Waals surface area contributed by atoms with Crippen molar-refractivity contribution in [3.63, 3.8) is 0 Å². The van der Waals surface area contributed by atoms with E-state index in [9.17, 15) is 0 Å². The molecule has 0 bridgehead atoms. The molecule has 23 heavy (non-hydrogen) atoms. The third-order valence-electron chi connectivity index (χ3n) is 4.39. The van der Waals surface area contributed by atoms with Crippen molar-refractivity contribution in [3.05, 3.63) is 53.8 Å². The van der Waals surface area contributed by atoms with Crippen LogP contribution in [-0.2, 0) is 6.54 Å². The van der Waals surface area contributed by atoms with Gasteiger partial charge in [0, 0.05) is 0 Å². The van der Waals surface area contributed by atoms with Crippen LogP contribution < -0.4 is 0 Å². The lowest BCUT2D eigenvalue weighted by atomic mass is 10.1. The second-order valence-corrected chi connectivity index (χ2v) is 6.89. The summed E-state index contributed by atoms with van der Waals surface area (Å²) in [6.07, 6.45) is 8.47. The van der Waals surface area contributed by atoms with Crippen LogP contribution in [0.2, 0.25) is 0 Å². The maximum atomic E-state index is 5.96. The van der Waals surface area contributed by atoms with Crippen LogP contribution in [0.25, 0.3) is 10.6 Å². The molecule has 0 aromatic carbocycles. The molecule has 1 fully saturated rings. The minimum atomic E-state index is 0.324. The Labute approximate surface area is 139 Å². The molecule has 0 amide bonds. The summed E-state index contributed by atoms with van der Waals surface area (Å²) in [5.41, 5.74) is 0. The summed E-state index contributed by atoms with van der Waals surface area (Å²) in [6, 6.07) is 8.47. The van der Waals surface area contributed by atoms with Gasteiger partial charge in [-0.05, 0) is 43.0 Å². The average molecular weight is 328 g/mol. The summed E-state index contributed by atoms with van der Waals surface area (Å²) >= 11 is 1.67. The number of aromatic nitrogens is 1. The van der Waals surface area contributed by atoms with Crippen LogP contribution >= 0.6 is 11.3 Å². The fraction of sp³-hybridized carbons (Fsp3) is 0.389. The van der Waals surface area contributed by atoms with E-state index < -0.39 is 0 Å². The standard InChI is InChI=1S/C18H20N2O2S/c1-2-6-14(15-7-4-10-21-15)20(9-3-1)13-18-19-12-16(22-18)17-8-5-11-23-17/h4-5,7-8,10-12,14H,1-3,6,9,13H2. The highest BCUT2D eigenvalue weighted by molar-refractivity contribution is 7.13. The van der Waals surface area contributed by atoms with Gasteiger partial charge in [-0.15, -0.1) is 11.3 Å². The summed E-state index contributed by atoms with van der Waals surface area (Å²) in [5, 5.41) is 2.05. The maximum absolute atomic E-state index is 5.96. The van der Waals surface area contributed by atoms with Crippen LogP contribution in [0, 0.1) is 0 Å². The predicted octanol–water partition coefficient (Wildman–Crippen LogP) is 5.11. The van der Waals surface area contributed by atoms with Gasteiger partial charge >= 0.3 is 0 Å². The smallest absolute Gasteiger partial charge is 0.209 e. The van der Waals surface area contributed by atoms with Crippen molar-refractivity contribution >= 4 is 11.3 Å². The first-order valence-electron chi connectivity index (χ1n) is 8.16. The van der Waals surface area contributed by atoms with Crippen LogP contribution in [0.5, 0.6) is 0 Å². The first-order chi connectivity index (χ1) is 11.4. The van der Waals surface area contributed by atoms with E-state index in [-0.39, 0.29) is 0 Å². The zero-order valence-corrected chi connectivity index (χ0v) is 13.8. The zero-order valence-electron chi connectivity index (χ0n) is 13.0. The lowest BCUT2D eigenvalue weighted by molar-refractivity contribution is 0.155. The lowest BCUT2D eigenvalue weighted by Crippen LogP contribution is -2.28. The van der Waals surface area contributed by atoms with Crippen LogP contribution in [0.1, 0.15) is 43.4 Å². The van der Waals surface area contributed by atoms with Crippen molar-refractivity contribution < 1.29 is 8.83 Å². The Morgan fingerprint density at radius 1 is 1.22 bits per heavy atom. The molecule has 4 rings (SSSR count). The van der Waals surface area contributed by atoms with Gasteiger partial charge in [0.2, 0.25) is 5.89 Å². The molecule has 4 heterocycles. The minimum absolute atomic E-state index is 0.324. The fourth-order valence-corrected chi connectivity index (χ4v) is 3.92. The Balaban J connectivity index is 1.53. The molecule has 0 N–H and O–H groups in total. The van der Waals surface area contributed by atoms with Crippen molar-refractivity contribution in [2.75, 3.05) is 6.54 Å². The number of hydrogen-bond acceptors (Lipinski definition) is 5. The molecule has 120 valence electrons. The molecule has 1 aliphatic rings. The molecule has 3 aromatic rings. The van der Waals surface area contributed by atoms with Gasteiger partial charge in [-0.1, -0.05) is 18.9 Å². The van der Waals surface area contributed by atoms with E-state index in [4.69, 9.17) is 8.83 Å². The third kappa shape index (κ3) is 3.26. The van der Waals surface area contributed by atoms with Crippen LogP contribution in [0.15, 0.2) is 50.9 Å². The Morgan fingerprint density at radius 2 is 2.22 bits per heavy atom. The minimum Gasteiger partial charge on any atom is -0.468 e. The SMILES string of the molecule is c1coc(C2CCCCCN2Cc2ncc(-c3cccs3)o2)c1. The molecule has 4 nitrogen and oxygen atoms in total.